The van der Waals surface area contributed by atoms with Gasteiger partial charge in [-0.05, 0) is 42.3 Å². The molecule has 0 radical (unpaired) electrons. The molecule has 0 spiro atoms. The highest BCUT2D eigenvalue weighted by atomic mass is 35.5. The number of anilines is 1. The predicted molar refractivity (Wildman–Crippen MR) is 103 cm³/mol. The van der Waals surface area contributed by atoms with Gasteiger partial charge in [0.2, 0.25) is 5.91 Å². The summed E-state index contributed by atoms with van der Waals surface area (Å²) in [6.07, 6.45) is 0.908. The zero-order chi connectivity index (χ0) is 19.6. The van der Waals surface area contributed by atoms with Gasteiger partial charge in [0.1, 0.15) is 11.9 Å². The smallest absolute Gasteiger partial charge is 0.253 e. The van der Waals surface area contributed by atoms with E-state index in [1.54, 1.807) is 30.3 Å². The molecular formula is C20H16Cl2FN3O2. The minimum atomic E-state index is -0.567. The van der Waals surface area contributed by atoms with Crippen LogP contribution < -0.4 is 4.90 Å². The van der Waals surface area contributed by atoms with Crippen molar-refractivity contribution in [2.24, 2.45) is 5.92 Å². The minimum Gasteiger partial charge on any atom is -0.274 e. The Labute approximate surface area is 171 Å². The zero-order valence-corrected chi connectivity index (χ0v) is 16.2. The number of hydrogen-bond donors (Lipinski definition) is 0. The molecule has 28 heavy (non-hydrogen) atoms. The second kappa shape index (κ2) is 6.52. The van der Waals surface area contributed by atoms with Crippen molar-refractivity contribution in [1.29, 1.82) is 0 Å². The third kappa shape index (κ3) is 2.59. The summed E-state index contributed by atoms with van der Waals surface area (Å²) in [5.41, 5.74) is 1.21. The standard InChI is InChI=1S/C20H16Cl2FN3O2/c21-12-8-13(22)10-15(9-12)26-19(27)16-17(11-2-4-14(23)5-3-11)24-6-1-7-25(24)18(16)20(26)28/h2-5,8-10,16-18H,1,6-7H2/t16-,17-,18+/m0/s1. The highest BCUT2D eigenvalue weighted by Crippen LogP contribution is 2.49. The highest BCUT2D eigenvalue weighted by molar-refractivity contribution is 6.35. The predicted octanol–water partition coefficient (Wildman–Crippen LogP) is 3.67. The Bertz CT molecular complexity index is 964. The van der Waals surface area contributed by atoms with E-state index in [0.717, 1.165) is 18.5 Å². The Hall–Kier alpha value is -1.99. The van der Waals surface area contributed by atoms with E-state index in [-0.39, 0.29) is 23.7 Å². The lowest BCUT2D eigenvalue weighted by atomic mass is 9.90. The van der Waals surface area contributed by atoms with Gasteiger partial charge in [0, 0.05) is 23.1 Å². The minimum absolute atomic E-state index is 0.273. The molecule has 0 N–H and O–H groups in total. The van der Waals surface area contributed by atoms with E-state index in [2.05, 4.69) is 5.01 Å². The van der Waals surface area contributed by atoms with Crippen LogP contribution in [0.15, 0.2) is 42.5 Å². The number of imide groups is 1. The summed E-state index contributed by atoms with van der Waals surface area (Å²) < 4.78 is 13.4. The van der Waals surface area contributed by atoms with E-state index in [1.807, 2.05) is 5.01 Å². The van der Waals surface area contributed by atoms with Crippen LogP contribution in [0.3, 0.4) is 0 Å². The number of nitrogens with zero attached hydrogens (tertiary/aromatic N) is 3. The maximum atomic E-state index is 13.4. The van der Waals surface area contributed by atoms with Crippen LogP contribution in [0.5, 0.6) is 0 Å². The number of hydrazine groups is 1. The van der Waals surface area contributed by atoms with E-state index >= 15 is 0 Å². The van der Waals surface area contributed by atoms with Gasteiger partial charge in [-0.2, -0.15) is 0 Å². The summed E-state index contributed by atoms with van der Waals surface area (Å²) in [5, 5.41) is 4.79. The molecule has 3 aliphatic heterocycles. The van der Waals surface area contributed by atoms with Crippen LogP contribution in [0, 0.1) is 11.7 Å². The second-order valence-electron chi connectivity index (χ2n) is 7.29. The lowest BCUT2D eigenvalue weighted by Crippen LogP contribution is -2.44. The summed E-state index contributed by atoms with van der Waals surface area (Å²) in [6, 6.07) is 9.98. The maximum absolute atomic E-state index is 13.4. The van der Waals surface area contributed by atoms with Gasteiger partial charge in [0.05, 0.1) is 17.6 Å². The summed E-state index contributed by atoms with van der Waals surface area (Å²) in [5.74, 6) is -1.45. The molecule has 2 amide bonds. The van der Waals surface area contributed by atoms with Crippen molar-refractivity contribution in [3.05, 3.63) is 63.9 Å². The normalized spacial score (nSPS) is 27.5. The Kier molecular flexibility index (Phi) is 4.21. The molecule has 0 saturated carbocycles. The van der Waals surface area contributed by atoms with Crippen LogP contribution in [-0.4, -0.2) is 41.0 Å². The number of fused-ring (bicyclic) bond motifs is 3. The molecular weight excluding hydrogens is 404 g/mol. The molecule has 3 saturated heterocycles. The van der Waals surface area contributed by atoms with Crippen LogP contribution in [0.2, 0.25) is 10.0 Å². The average Bonchev–Trinajstić information content (AvgIpc) is 3.27. The van der Waals surface area contributed by atoms with E-state index in [0.29, 0.717) is 22.3 Å². The summed E-state index contributed by atoms with van der Waals surface area (Å²) in [4.78, 5) is 27.9. The molecule has 5 nitrogen and oxygen atoms in total. The van der Waals surface area contributed by atoms with Crippen molar-refractivity contribution in [1.82, 2.24) is 10.0 Å². The monoisotopic (exact) mass is 419 g/mol. The summed E-state index contributed by atoms with van der Waals surface area (Å²) in [6.45, 7) is 1.47. The quantitative estimate of drug-likeness (QED) is 0.696. The number of rotatable bonds is 2. The molecule has 0 unspecified atom stereocenters. The fourth-order valence-electron chi connectivity index (χ4n) is 4.70. The van der Waals surface area contributed by atoms with Crippen LogP contribution in [-0.2, 0) is 9.59 Å². The van der Waals surface area contributed by atoms with Crippen LogP contribution in [0.4, 0.5) is 10.1 Å². The second-order valence-corrected chi connectivity index (χ2v) is 8.16. The summed E-state index contributed by atoms with van der Waals surface area (Å²) >= 11 is 12.2. The third-order valence-corrected chi connectivity index (χ3v) is 6.16. The van der Waals surface area contributed by atoms with Gasteiger partial charge >= 0.3 is 0 Å². The Balaban J connectivity index is 1.59. The molecule has 0 aliphatic carbocycles. The van der Waals surface area contributed by atoms with Gasteiger partial charge < -0.3 is 0 Å². The van der Waals surface area contributed by atoms with Crippen LogP contribution in [0.25, 0.3) is 0 Å². The van der Waals surface area contributed by atoms with Crippen molar-refractivity contribution in [3.8, 4) is 0 Å². The topological polar surface area (TPSA) is 43.9 Å². The van der Waals surface area contributed by atoms with Gasteiger partial charge in [-0.25, -0.2) is 19.3 Å². The van der Waals surface area contributed by atoms with Gasteiger partial charge in [-0.1, -0.05) is 35.3 Å². The van der Waals surface area contributed by atoms with Crippen LogP contribution >= 0.6 is 23.2 Å². The first-order chi connectivity index (χ1) is 13.5. The van der Waals surface area contributed by atoms with Crippen molar-refractivity contribution in [2.75, 3.05) is 18.0 Å². The maximum Gasteiger partial charge on any atom is 0.253 e. The Morgan fingerprint density at radius 1 is 0.857 bits per heavy atom. The molecule has 8 heteroatoms. The zero-order valence-electron chi connectivity index (χ0n) is 14.7. The van der Waals surface area contributed by atoms with Gasteiger partial charge in [0.25, 0.3) is 5.91 Å². The Morgan fingerprint density at radius 2 is 1.46 bits per heavy atom. The fraction of sp³-hybridized carbons (Fsp3) is 0.300. The van der Waals surface area contributed by atoms with E-state index < -0.39 is 12.0 Å². The number of carbonyl (C=O) groups is 2. The molecule has 3 fully saturated rings. The van der Waals surface area contributed by atoms with Gasteiger partial charge in [-0.15, -0.1) is 0 Å². The number of benzene rings is 2. The fourth-order valence-corrected chi connectivity index (χ4v) is 5.21. The molecule has 3 atom stereocenters. The van der Waals surface area contributed by atoms with Crippen molar-refractivity contribution in [2.45, 2.75) is 18.5 Å². The highest BCUT2D eigenvalue weighted by Gasteiger charge is 2.62. The number of hydrogen-bond acceptors (Lipinski definition) is 4. The molecule has 144 valence electrons. The molecule has 3 heterocycles. The van der Waals surface area contributed by atoms with E-state index in [4.69, 9.17) is 23.2 Å². The third-order valence-electron chi connectivity index (χ3n) is 5.72. The first-order valence-corrected chi connectivity index (χ1v) is 9.84. The van der Waals surface area contributed by atoms with Crippen molar-refractivity contribution in [3.63, 3.8) is 0 Å². The average molecular weight is 420 g/mol. The molecule has 5 rings (SSSR count). The van der Waals surface area contributed by atoms with Gasteiger partial charge in [0.15, 0.2) is 0 Å². The molecule has 0 aromatic heterocycles. The van der Waals surface area contributed by atoms with E-state index in [1.165, 1.54) is 17.0 Å². The number of amides is 2. The van der Waals surface area contributed by atoms with Gasteiger partial charge in [-0.3, -0.25) is 9.59 Å². The van der Waals surface area contributed by atoms with Crippen LogP contribution in [0.1, 0.15) is 18.0 Å². The molecule has 0 bridgehead atoms. The van der Waals surface area contributed by atoms with Crippen molar-refractivity contribution < 1.29 is 14.0 Å². The largest absolute Gasteiger partial charge is 0.274 e. The first-order valence-electron chi connectivity index (χ1n) is 9.08. The SMILES string of the molecule is O=C1[C@@H]2[C@H](C(=O)N1c1cc(Cl)cc(Cl)c1)N1CCCN1[C@H]2c1ccc(F)cc1. The first kappa shape index (κ1) is 18.1. The lowest BCUT2D eigenvalue weighted by molar-refractivity contribution is -0.126. The Morgan fingerprint density at radius 3 is 2.11 bits per heavy atom. The number of carbonyl (C=O) groups excluding carboxylic acids is 2. The summed E-state index contributed by atoms with van der Waals surface area (Å²) in [7, 11) is 0. The molecule has 2 aromatic rings. The van der Waals surface area contributed by atoms with Crippen molar-refractivity contribution >= 4 is 40.7 Å². The number of halogens is 3. The lowest BCUT2D eigenvalue weighted by Gasteiger charge is -2.29. The molecule has 3 aliphatic rings. The molecule has 2 aromatic carbocycles. The van der Waals surface area contributed by atoms with E-state index in [9.17, 15) is 14.0 Å².